The molecule has 0 heterocycles. The Morgan fingerprint density at radius 2 is 1.87 bits per heavy atom. The maximum Gasteiger partial charge on any atom is 0.133 e. The molecule has 15 heavy (non-hydrogen) atoms. The Morgan fingerprint density at radius 1 is 1.33 bits per heavy atom. The third kappa shape index (κ3) is 2.86. The van der Waals surface area contributed by atoms with Gasteiger partial charge in [-0.1, -0.05) is 19.9 Å². The van der Waals surface area contributed by atoms with Gasteiger partial charge in [0, 0.05) is 5.56 Å². The maximum atomic E-state index is 13.2. The Hall–Kier alpha value is -1.22. The van der Waals surface area contributed by atoms with Gasteiger partial charge >= 0.3 is 0 Å². The fraction of sp³-hybridized carbons (Fsp3) is 0.333. The molecule has 3 heteroatoms. The number of rotatable bonds is 3. The summed E-state index contributed by atoms with van der Waals surface area (Å²) in [5.74, 6) is -1.16. The predicted molar refractivity (Wildman–Crippen MR) is 56.3 cm³/mol. The zero-order valence-electron chi connectivity index (χ0n) is 8.80. The zero-order valence-corrected chi connectivity index (χ0v) is 8.80. The number of aliphatic hydroxyl groups is 1. The summed E-state index contributed by atoms with van der Waals surface area (Å²) < 4.78 is 26.5. The van der Waals surface area contributed by atoms with Gasteiger partial charge in [-0.15, -0.1) is 0 Å². The van der Waals surface area contributed by atoms with Gasteiger partial charge in [0.15, 0.2) is 0 Å². The van der Waals surface area contributed by atoms with E-state index in [9.17, 15) is 8.78 Å². The van der Waals surface area contributed by atoms with Gasteiger partial charge in [0.2, 0.25) is 0 Å². The number of aliphatic hydroxyl groups excluding tert-OH is 1. The molecule has 1 nitrogen and oxygen atoms in total. The van der Waals surface area contributed by atoms with Crippen LogP contribution in [0.3, 0.4) is 0 Å². The Bertz CT molecular complexity index is 350. The third-order valence-corrected chi connectivity index (χ3v) is 2.25. The summed E-state index contributed by atoms with van der Waals surface area (Å²) >= 11 is 0. The maximum absolute atomic E-state index is 13.2. The van der Waals surface area contributed by atoms with Crippen molar-refractivity contribution in [1.82, 2.24) is 0 Å². The average Bonchev–Trinajstić information content (AvgIpc) is 2.17. The van der Waals surface area contributed by atoms with E-state index in [0.29, 0.717) is 5.57 Å². The summed E-state index contributed by atoms with van der Waals surface area (Å²) in [5, 5.41) is 9.03. The first kappa shape index (κ1) is 11.9. The van der Waals surface area contributed by atoms with Crippen molar-refractivity contribution in [3.8, 4) is 0 Å². The van der Waals surface area contributed by atoms with E-state index in [1.54, 1.807) is 0 Å². The van der Waals surface area contributed by atoms with Crippen LogP contribution in [-0.4, -0.2) is 11.7 Å². The monoisotopic (exact) mass is 212 g/mol. The van der Waals surface area contributed by atoms with Crippen molar-refractivity contribution in [3.63, 3.8) is 0 Å². The fourth-order valence-corrected chi connectivity index (χ4v) is 1.23. The number of hydrogen-bond donors (Lipinski definition) is 1. The standard InChI is InChI=1S/C12H14F2O/c1-8(2)9(7-15)6-10-11(13)4-3-5-12(10)14/h3-6,8,15H,7H2,1-2H3. The van der Waals surface area contributed by atoms with Crippen molar-refractivity contribution in [2.45, 2.75) is 13.8 Å². The summed E-state index contributed by atoms with van der Waals surface area (Å²) in [5.41, 5.74) is 0.522. The van der Waals surface area contributed by atoms with Crippen LogP contribution in [0.25, 0.3) is 6.08 Å². The summed E-state index contributed by atoms with van der Waals surface area (Å²) in [6, 6.07) is 3.71. The number of hydrogen-bond acceptors (Lipinski definition) is 1. The van der Waals surface area contributed by atoms with Crippen LogP contribution in [0.4, 0.5) is 8.78 Å². The minimum atomic E-state index is -0.610. The third-order valence-electron chi connectivity index (χ3n) is 2.25. The highest BCUT2D eigenvalue weighted by Gasteiger charge is 2.08. The first-order valence-corrected chi connectivity index (χ1v) is 4.81. The second-order valence-corrected chi connectivity index (χ2v) is 3.67. The molecule has 0 unspecified atom stereocenters. The average molecular weight is 212 g/mol. The van der Waals surface area contributed by atoms with Gasteiger partial charge in [0.05, 0.1) is 6.61 Å². The first-order chi connectivity index (χ1) is 7.06. The second-order valence-electron chi connectivity index (χ2n) is 3.67. The van der Waals surface area contributed by atoms with Crippen LogP contribution in [-0.2, 0) is 0 Å². The van der Waals surface area contributed by atoms with Gasteiger partial charge in [-0.2, -0.15) is 0 Å². The van der Waals surface area contributed by atoms with Gasteiger partial charge in [0.25, 0.3) is 0 Å². The van der Waals surface area contributed by atoms with Crippen LogP contribution < -0.4 is 0 Å². The highest BCUT2D eigenvalue weighted by Crippen LogP contribution is 2.19. The van der Waals surface area contributed by atoms with Crippen LogP contribution in [0.1, 0.15) is 19.4 Å². The molecule has 0 bridgehead atoms. The topological polar surface area (TPSA) is 20.2 Å². The minimum Gasteiger partial charge on any atom is -0.392 e. The normalized spacial score (nSPS) is 12.3. The van der Waals surface area contributed by atoms with Crippen molar-refractivity contribution in [2.75, 3.05) is 6.61 Å². The number of halogens is 2. The van der Waals surface area contributed by atoms with Crippen LogP contribution in [0, 0.1) is 17.6 Å². The summed E-state index contributed by atoms with van der Waals surface area (Å²) in [4.78, 5) is 0. The first-order valence-electron chi connectivity index (χ1n) is 4.81. The molecule has 0 amide bonds. The predicted octanol–water partition coefficient (Wildman–Crippen LogP) is 3.00. The van der Waals surface area contributed by atoms with Crippen molar-refractivity contribution in [2.24, 2.45) is 5.92 Å². The molecular formula is C12H14F2O. The lowest BCUT2D eigenvalue weighted by Gasteiger charge is -2.08. The molecule has 82 valence electrons. The fourth-order valence-electron chi connectivity index (χ4n) is 1.23. The Labute approximate surface area is 88.1 Å². The largest absolute Gasteiger partial charge is 0.392 e. The summed E-state index contributed by atoms with van der Waals surface area (Å²) in [6.45, 7) is 3.53. The van der Waals surface area contributed by atoms with E-state index < -0.39 is 11.6 Å². The van der Waals surface area contributed by atoms with Gasteiger partial charge in [-0.25, -0.2) is 8.78 Å². The van der Waals surface area contributed by atoms with Gasteiger partial charge in [0.1, 0.15) is 11.6 Å². The van der Waals surface area contributed by atoms with Gasteiger partial charge in [-0.3, -0.25) is 0 Å². The van der Waals surface area contributed by atoms with E-state index in [-0.39, 0.29) is 18.1 Å². The molecule has 0 spiro atoms. The van der Waals surface area contributed by atoms with E-state index in [4.69, 9.17) is 5.11 Å². The molecule has 0 atom stereocenters. The Morgan fingerprint density at radius 3 is 2.27 bits per heavy atom. The molecule has 0 saturated carbocycles. The van der Waals surface area contributed by atoms with Crippen LogP contribution in [0.2, 0.25) is 0 Å². The quantitative estimate of drug-likeness (QED) is 0.816. The molecule has 0 aliphatic rings. The van der Waals surface area contributed by atoms with Crippen LogP contribution in [0.15, 0.2) is 23.8 Å². The number of benzene rings is 1. The van der Waals surface area contributed by atoms with Gasteiger partial charge in [-0.05, 0) is 29.7 Å². The SMILES string of the molecule is CC(C)C(=Cc1c(F)cccc1F)CO. The van der Waals surface area contributed by atoms with Crippen molar-refractivity contribution >= 4 is 6.08 Å². The highest BCUT2D eigenvalue weighted by atomic mass is 19.1. The van der Waals surface area contributed by atoms with E-state index in [1.807, 2.05) is 13.8 Å². The van der Waals surface area contributed by atoms with E-state index in [2.05, 4.69) is 0 Å². The highest BCUT2D eigenvalue weighted by molar-refractivity contribution is 5.54. The lowest BCUT2D eigenvalue weighted by Crippen LogP contribution is -2.00. The molecule has 1 aromatic rings. The smallest absolute Gasteiger partial charge is 0.133 e. The molecule has 0 saturated heterocycles. The Kier molecular flexibility index (Phi) is 3.97. The molecule has 0 aromatic heterocycles. The summed E-state index contributed by atoms with van der Waals surface area (Å²) in [7, 11) is 0. The molecule has 0 aliphatic heterocycles. The van der Waals surface area contributed by atoms with Crippen LogP contribution >= 0.6 is 0 Å². The van der Waals surface area contributed by atoms with E-state index >= 15 is 0 Å². The van der Waals surface area contributed by atoms with Crippen molar-refractivity contribution in [3.05, 3.63) is 41.0 Å². The molecule has 1 N–H and O–H groups in total. The lowest BCUT2D eigenvalue weighted by molar-refractivity contribution is 0.320. The van der Waals surface area contributed by atoms with E-state index in [1.165, 1.54) is 24.3 Å². The van der Waals surface area contributed by atoms with Crippen molar-refractivity contribution in [1.29, 1.82) is 0 Å². The molecule has 0 fully saturated rings. The Balaban J connectivity index is 3.16. The molecule has 1 aromatic carbocycles. The molecule has 0 radical (unpaired) electrons. The zero-order chi connectivity index (χ0) is 11.4. The lowest BCUT2D eigenvalue weighted by atomic mass is 10.0. The van der Waals surface area contributed by atoms with Crippen LogP contribution in [0.5, 0.6) is 0 Å². The van der Waals surface area contributed by atoms with E-state index in [0.717, 1.165) is 0 Å². The molecular weight excluding hydrogens is 198 g/mol. The van der Waals surface area contributed by atoms with Crippen molar-refractivity contribution < 1.29 is 13.9 Å². The van der Waals surface area contributed by atoms with Gasteiger partial charge < -0.3 is 5.11 Å². The molecule has 0 aliphatic carbocycles. The minimum absolute atomic E-state index is 0.0639. The second kappa shape index (κ2) is 5.03. The summed E-state index contributed by atoms with van der Waals surface area (Å²) in [6.07, 6.45) is 1.37. The molecule has 1 rings (SSSR count).